The Bertz CT molecular complexity index is 1170. The maximum Gasteiger partial charge on any atom is 0.357 e. The molecule has 2 aliphatic rings. The topological polar surface area (TPSA) is 87.3 Å². The Morgan fingerprint density at radius 3 is 2.62 bits per heavy atom. The van der Waals surface area contributed by atoms with Crippen molar-refractivity contribution in [2.75, 3.05) is 32.9 Å². The molecule has 2 fully saturated rings. The second-order valence-electron chi connectivity index (χ2n) is 8.02. The van der Waals surface area contributed by atoms with Gasteiger partial charge < -0.3 is 14.2 Å². The first-order valence-corrected chi connectivity index (χ1v) is 11.0. The lowest BCUT2D eigenvalue weighted by Gasteiger charge is -2.26. The highest BCUT2D eigenvalue weighted by Crippen LogP contribution is 2.27. The number of fused-ring (bicyclic) bond motifs is 1. The van der Waals surface area contributed by atoms with Gasteiger partial charge in [0.15, 0.2) is 5.69 Å². The number of rotatable bonds is 7. The predicted molar refractivity (Wildman–Crippen MR) is 116 cm³/mol. The highest BCUT2D eigenvalue weighted by molar-refractivity contribution is 5.96. The summed E-state index contributed by atoms with van der Waals surface area (Å²) in [6.45, 7) is 5.57. The third-order valence-corrected chi connectivity index (χ3v) is 5.63. The first kappa shape index (κ1) is 20.7. The molecule has 1 aliphatic heterocycles. The smallest absolute Gasteiger partial charge is 0.357 e. The molecule has 1 aromatic carbocycles. The van der Waals surface area contributed by atoms with E-state index in [2.05, 4.69) is 9.88 Å². The van der Waals surface area contributed by atoms with E-state index in [1.54, 1.807) is 31.5 Å². The summed E-state index contributed by atoms with van der Waals surface area (Å²) < 4.78 is 19.3. The van der Waals surface area contributed by atoms with Crippen LogP contribution in [0.25, 0.3) is 11.2 Å². The Hall–Kier alpha value is -3.17. The molecule has 0 amide bonds. The fraction of sp³-hybridized carbons (Fsp3) is 0.435. The van der Waals surface area contributed by atoms with Crippen molar-refractivity contribution in [3.63, 3.8) is 0 Å². The first-order valence-electron chi connectivity index (χ1n) is 11.0. The van der Waals surface area contributed by atoms with Crippen molar-refractivity contribution in [2.24, 2.45) is 0 Å². The molecule has 9 nitrogen and oxygen atoms in total. The summed E-state index contributed by atoms with van der Waals surface area (Å²) in [5.41, 5.74) is 1.56. The fourth-order valence-electron chi connectivity index (χ4n) is 3.87. The number of esters is 1. The molecule has 3 aromatic rings. The average Bonchev–Trinajstić information content (AvgIpc) is 3.58. The molecule has 0 bridgehead atoms. The number of carbonyl (C=O) groups excluding carboxylic acids is 1. The van der Waals surface area contributed by atoms with Crippen molar-refractivity contribution >= 4 is 11.5 Å². The Morgan fingerprint density at radius 1 is 1.19 bits per heavy atom. The Balaban J connectivity index is 1.55. The van der Waals surface area contributed by atoms with E-state index in [-0.39, 0.29) is 24.1 Å². The molecule has 2 aromatic heterocycles. The molecule has 1 aliphatic carbocycles. The van der Waals surface area contributed by atoms with Gasteiger partial charge in [-0.05, 0) is 44.0 Å². The normalized spacial score (nSPS) is 16.9. The standard InChI is InChI=1S/C23H26N4O5/c1-2-31-22(28)21-20-13-24-16(14-25-9-11-30-12-10-25)15-26(20)23(29)27(21)17-3-5-18(6-4-17)32-19-7-8-19/h3-6,13,15,19H,2,7-12,14H2,1H3. The van der Waals surface area contributed by atoms with E-state index in [9.17, 15) is 9.59 Å². The van der Waals surface area contributed by atoms with Gasteiger partial charge in [-0.15, -0.1) is 0 Å². The second kappa shape index (κ2) is 8.76. The molecule has 1 saturated heterocycles. The van der Waals surface area contributed by atoms with Crippen LogP contribution >= 0.6 is 0 Å². The van der Waals surface area contributed by atoms with Crippen LogP contribution in [0.5, 0.6) is 5.75 Å². The highest BCUT2D eigenvalue weighted by Gasteiger charge is 2.25. The molecule has 32 heavy (non-hydrogen) atoms. The number of carbonyl (C=O) groups is 1. The maximum absolute atomic E-state index is 13.4. The lowest BCUT2D eigenvalue weighted by atomic mass is 10.2. The molecule has 5 rings (SSSR count). The first-order chi connectivity index (χ1) is 15.6. The van der Waals surface area contributed by atoms with Gasteiger partial charge in [-0.3, -0.25) is 18.9 Å². The van der Waals surface area contributed by atoms with Gasteiger partial charge in [0.1, 0.15) is 11.3 Å². The van der Waals surface area contributed by atoms with Crippen molar-refractivity contribution in [3.05, 3.63) is 58.5 Å². The van der Waals surface area contributed by atoms with E-state index in [1.807, 2.05) is 12.1 Å². The predicted octanol–water partition coefficient (Wildman–Crippen LogP) is 2.04. The SMILES string of the molecule is CCOC(=O)c1c2cnc(CN3CCOCC3)cn2c(=O)n1-c1ccc(OC2CC2)cc1. The number of benzene rings is 1. The van der Waals surface area contributed by atoms with Crippen molar-refractivity contribution in [1.82, 2.24) is 18.9 Å². The molecule has 0 spiro atoms. The van der Waals surface area contributed by atoms with Crippen LogP contribution in [0.4, 0.5) is 0 Å². The lowest BCUT2D eigenvalue weighted by Crippen LogP contribution is -2.36. The number of ether oxygens (including phenoxy) is 3. The summed E-state index contributed by atoms with van der Waals surface area (Å²) in [5, 5.41) is 0. The number of imidazole rings is 1. The molecule has 0 unspecified atom stereocenters. The van der Waals surface area contributed by atoms with E-state index in [0.29, 0.717) is 31.0 Å². The largest absolute Gasteiger partial charge is 0.490 e. The highest BCUT2D eigenvalue weighted by atomic mass is 16.5. The number of hydrogen-bond donors (Lipinski definition) is 0. The van der Waals surface area contributed by atoms with Crippen molar-refractivity contribution in [2.45, 2.75) is 32.4 Å². The zero-order chi connectivity index (χ0) is 22.1. The zero-order valence-electron chi connectivity index (χ0n) is 18.0. The van der Waals surface area contributed by atoms with Gasteiger partial charge in [0.2, 0.25) is 0 Å². The van der Waals surface area contributed by atoms with E-state index in [4.69, 9.17) is 14.2 Å². The second-order valence-corrected chi connectivity index (χ2v) is 8.02. The molecule has 3 heterocycles. The van der Waals surface area contributed by atoms with Crippen LogP contribution in [0, 0.1) is 0 Å². The molecule has 0 radical (unpaired) electrons. The lowest BCUT2D eigenvalue weighted by molar-refractivity contribution is 0.0336. The van der Waals surface area contributed by atoms with Crippen LogP contribution in [-0.2, 0) is 16.0 Å². The minimum atomic E-state index is -0.562. The fourth-order valence-corrected chi connectivity index (χ4v) is 3.87. The number of hydrogen-bond acceptors (Lipinski definition) is 7. The summed E-state index contributed by atoms with van der Waals surface area (Å²) in [6.07, 6.45) is 5.70. The van der Waals surface area contributed by atoms with E-state index >= 15 is 0 Å². The van der Waals surface area contributed by atoms with Gasteiger partial charge in [-0.2, -0.15) is 0 Å². The number of aromatic nitrogens is 3. The summed E-state index contributed by atoms with van der Waals surface area (Å²) in [4.78, 5) is 33.0. The number of morpholine rings is 1. The average molecular weight is 438 g/mol. The van der Waals surface area contributed by atoms with Gasteiger partial charge in [0.25, 0.3) is 0 Å². The molecule has 1 saturated carbocycles. The van der Waals surface area contributed by atoms with Crippen molar-refractivity contribution in [1.29, 1.82) is 0 Å². The summed E-state index contributed by atoms with van der Waals surface area (Å²) in [5.74, 6) is 0.188. The van der Waals surface area contributed by atoms with Crippen LogP contribution in [0.1, 0.15) is 35.9 Å². The summed E-state index contributed by atoms with van der Waals surface area (Å²) in [7, 11) is 0. The Labute approximate surface area is 185 Å². The van der Waals surface area contributed by atoms with E-state index in [1.165, 1.54) is 8.97 Å². The van der Waals surface area contributed by atoms with E-state index < -0.39 is 5.97 Å². The van der Waals surface area contributed by atoms with Crippen LogP contribution in [0.3, 0.4) is 0 Å². The Morgan fingerprint density at radius 2 is 1.94 bits per heavy atom. The van der Waals surface area contributed by atoms with Crippen LogP contribution < -0.4 is 10.4 Å². The maximum atomic E-state index is 13.4. The minimum Gasteiger partial charge on any atom is -0.490 e. The molecule has 9 heteroatoms. The quantitative estimate of drug-likeness (QED) is 0.522. The third kappa shape index (κ3) is 4.13. The molecule has 0 atom stereocenters. The van der Waals surface area contributed by atoms with Gasteiger partial charge in [-0.25, -0.2) is 9.59 Å². The van der Waals surface area contributed by atoms with Crippen LogP contribution in [0.15, 0.2) is 41.5 Å². The summed E-state index contributed by atoms with van der Waals surface area (Å²) in [6, 6.07) is 7.20. The molecular weight excluding hydrogens is 412 g/mol. The molecular formula is C23H26N4O5. The zero-order valence-corrected chi connectivity index (χ0v) is 18.0. The monoisotopic (exact) mass is 438 g/mol. The van der Waals surface area contributed by atoms with Gasteiger partial charge in [0.05, 0.1) is 43.5 Å². The summed E-state index contributed by atoms with van der Waals surface area (Å²) >= 11 is 0. The minimum absolute atomic E-state index is 0.165. The third-order valence-electron chi connectivity index (χ3n) is 5.63. The van der Waals surface area contributed by atoms with Crippen LogP contribution in [-0.4, -0.2) is 63.8 Å². The van der Waals surface area contributed by atoms with Crippen molar-refractivity contribution < 1.29 is 19.0 Å². The van der Waals surface area contributed by atoms with Gasteiger partial charge >= 0.3 is 11.7 Å². The van der Waals surface area contributed by atoms with Gasteiger partial charge in [0, 0.05) is 25.8 Å². The van der Waals surface area contributed by atoms with Crippen LogP contribution in [0.2, 0.25) is 0 Å². The van der Waals surface area contributed by atoms with E-state index in [0.717, 1.165) is 37.4 Å². The Kier molecular flexibility index (Phi) is 5.67. The van der Waals surface area contributed by atoms with Gasteiger partial charge in [-0.1, -0.05) is 0 Å². The molecule has 168 valence electrons. The van der Waals surface area contributed by atoms with Crippen molar-refractivity contribution in [3.8, 4) is 11.4 Å². The molecule has 0 N–H and O–H groups in total. The number of nitrogens with zero attached hydrogens (tertiary/aromatic N) is 4.